The summed E-state index contributed by atoms with van der Waals surface area (Å²) in [5.41, 5.74) is 0. The highest BCUT2D eigenvalue weighted by Gasteiger charge is 2.36. The van der Waals surface area contributed by atoms with Crippen molar-refractivity contribution in [3.8, 4) is 0 Å². The molecule has 2 amide bonds. The van der Waals surface area contributed by atoms with Crippen molar-refractivity contribution in [2.45, 2.75) is 26.2 Å². The molecule has 0 aromatic rings. The van der Waals surface area contributed by atoms with Crippen LogP contribution in [-0.4, -0.2) is 55.1 Å². The van der Waals surface area contributed by atoms with Gasteiger partial charge in [-0.15, -0.1) is 0 Å². The molecule has 1 N–H and O–H groups in total. The van der Waals surface area contributed by atoms with E-state index in [-0.39, 0.29) is 0 Å². The van der Waals surface area contributed by atoms with Crippen molar-refractivity contribution in [3.05, 3.63) is 0 Å². The summed E-state index contributed by atoms with van der Waals surface area (Å²) >= 11 is 0. The Bertz CT molecular complexity index is 312. The molecule has 0 bridgehead atoms. The molecule has 3 saturated heterocycles. The van der Waals surface area contributed by atoms with Crippen LogP contribution in [0, 0.1) is 17.8 Å². The zero-order chi connectivity index (χ0) is 12.5. The number of piperidine rings is 2. The summed E-state index contributed by atoms with van der Waals surface area (Å²) in [4.78, 5) is 16.7. The SMILES string of the molecule is CC1CCN(C(=O)N2CCC3CNCC3C2)CC1. The third-order valence-corrected chi connectivity index (χ3v) is 5.03. The van der Waals surface area contributed by atoms with Crippen LogP contribution in [0.3, 0.4) is 0 Å². The highest BCUT2D eigenvalue weighted by molar-refractivity contribution is 5.74. The molecule has 3 aliphatic rings. The van der Waals surface area contributed by atoms with Crippen molar-refractivity contribution >= 4 is 6.03 Å². The first-order valence-corrected chi connectivity index (χ1v) is 7.48. The van der Waals surface area contributed by atoms with Crippen LogP contribution in [0.25, 0.3) is 0 Å². The van der Waals surface area contributed by atoms with E-state index < -0.39 is 0 Å². The summed E-state index contributed by atoms with van der Waals surface area (Å²) in [6.45, 7) is 8.42. The molecule has 3 heterocycles. The molecule has 0 aliphatic carbocycles. The normalized spacial score (nSPS) is 33.6. The summed E-state index contributed by atoms with van der Waals surface area (Å²) in [5, 5.41) is 3.46. The van der Waals surface area contributed by atoms with Crippen molar-refractivity contribution in [1.82, 2.24) is 15.1 Å². The fourth-order valence-corrected chi connectivity index (χ4v) is 3.61. The maximum absolute atomic E-state index is 12.5. The van der Waals surface area contributed by atoms with Crippen LogP contribution < -0.4 is 5.32 Å². The van der Waals surface area contributed by atoms with Gasteiger partial charge in [0.2, 0.25) is 0 Å². The molecule has 2 atom stereocenters. The van der Waals surface area contributed by atoms with E-state index in [1.165, 1.54) is 19.3 Å². The van der Waals surface area contributed by atoms with E-state index in [4.69, 9.17) is 0 Å². The number of likely N-dealkylation sites (tertiary alicyclic amines) is 2. The van der Waals surface area contributed by atoms with E-state index in [1.807, 2.05) is 0 Å². The van der Waals surface area contributed by atoms with Gasteiger partial charge < -0.3 is 15.1 Å². The monoisotopic (exact) mass is 251 g/mol. The molecule has 3 fully saturated rings. The number of hydrogen-bond donors (Lipinski definition) is 1. The van der Waals surface area contributed by atoms with Gasteiger partial charge in [0.1, 0.15) is 0 Å². The Labute approximate surface area is 110 Å². The van der Waals surface area contributed by atoms with Crippen LogP contribution in [0.5, 0.6) is 0 Å². The van der Waals surface area contributed by atoms with Gasteiger partial charge in [0.05, 0.1) is 0 Å². The number of amides is 2. The third-order valence-electron chi connectivity index (χ3n) is 5.03. The summed E-state index contributed by atoms with van der Waals surface area (Å²) < 4.78 is 0. The average molecular weight is 251 g/mol. The Morgan fingerprint density at radius 1 is 1.00 bits per heavy atom. The number of carbonyl (C=O) groups is 1. The second-order valence-electron chi connectivity index (χ2n) is 6.37. The minimum Gasteiger partial charge on any atom is -0.325 e. The van der Waals surface area contributed by atoms with Crippen LogP contribution in [0.15, 0.2) is 0 Å². The van der Waals surface area contributed by atoms with Crippen molar-refractivity contribution in [2.24, 2.45) is 17.8 Å². The van der Waals surface area contributed by atoms with E-state index in [9.17, 15) is 4.79 Å². The molecule has 4 nitrogen and oxygen atoms in total. The van der Waals surface area contributed by atoms with E-state index in [0.29, 0.717) is 11.9 Å². The first-order valence-electron chi connectivity index (χ1n) is 7.48. The van der Waals surface area contributed by atoms with Gasteiger partial charge in [-0.25, -0.2) is 4.79 Å². The summed E-state index contributed by atoms with van der Waals surface area (Å²) in [6.07, 6.45) is 3.54. The Balaban J connectivity index is 1.56. The summed E-state index contributed by atoms with van der Waals surface area (Å²) in [5.74, 6) is 2.31. The van der Waals surface area contributed by atoms with Crippen molar-refractivity contribution < 1.29 is 4.79 Å². The summed E-state index contributed by atoms with van der Waals surface area (Å²) in [7, 11) is 0. The van der Waals surface area contributed by atoms with E-state index in [2.05, 4.69) is 22.0 Å². The zero-order valence-electron chi connectivity index (χ0n) is 11.4. The first kappa shape index (κ1) is 12.3. The highest BCUT2D eigenvalue weighted by atomic mass is 16.2. The fourth-order valence-electron chi connectivity index (χ4n) is 3.61. The van der Waals surface area contributed by atoms with Gasteiger partial charge in [-0.05, 0) is 50.1 Å². The Morgan fingerprint density at radius 3 is 2.44 bits per heavy atom. The molecule has 18 heavy (non-hydrogen) atoms. The molecule has 2 unspecified atom stereocenters. The van der Waals surface area contributed by atoms with Crippen molar-refractivity contribution in [2.75, 3.05) is 39.3 Å². The van der Waals surface area contributed by atoms with Gasteiger partial charge in [0.15, 0.2) is 0 Å². The standard InChI is InChI=1S/C14H25N3O/c1-11-2-5-16(6-3-11)14(18)17-7-4-12-8-15-9-13(12)10-17/h11-13,15H,2-10H2,1H3. The smallest absolute Gasteiger partial charge is 0.320 e. The van der Waals surface area contributed by atoms with Crippen molar-refractivity contribution in [1.29, 1.82) is 0 Å². The third kappa shape index (κ3) is 2.35. The van der Waals surface area contributed by atoms with Crippen molar-refractivity contribution in [3.63, 3.8) is 0 Å². The number of nitrogens with zero attached hydrogens (tertiary/aromatic N) is 2. The number of urea groups is 1. The molecule has 102 valence electrons. The minimum absolute atomic E-state index is 0.298. The lowest BCUT2D eigenvalue weighted by Crippen LogP contribution is -2.51. The first-order chi connectivity index (χ1) is 8.74. The maximum Gasteiger partial charge on any atom is 0.320 e. The second-order valence-corrected chi connectivity index (χ2v) is 6.37. The molecular weight excluding hydrogens is 226 g/mol. The Hall–Kier alpha value is -0.770. The van der Waals surface area contributed by atoms with Crippen LogP contribution in [-0.2, 0) is 0 Å². The van der Waals surface area contributed by atoms with Crippen LogP contribution in [0.2, 0.25) is 0 Å². The Kier molecular flexibility index (Phi) is 3.46. The lowest BCUT2D eigenvalue weighted by atomic mass is 9.89. The largest absolute Gasteiger partial charge is 0.325 e. The van der Waals surface area contributed by atoms with Crippen LogP contribution in [0.4, 0.5) is 4.79 Å². The van der Waals surface area contributed by atoms with Crippen LogP contribution >= 0.6 is 0 Å². The quantitative estimate of drug-likeness (QED) is 0.706. The van der Waals surface area contributed by atoms with Crippen LogP contribution in [0.1, 0.15) is 26.2 Å². The minimum atomic E-state index is 0.298. The van der Waals surface area contributed by atoms with Gasteiger partial charge in [-0.2, -0.15) is 0 Å². The number of fused-ring (bicyclic) bond motifs is 1. The molecule has 0 radical (unpaired) electrons. The molecule has 0 aromatic carbocycles. The van der Waals surface area contributed by atoms with Gasteiger partial charge in [-0.1, -0.05) is 6.92 Å². The molecule has 4 heteroatoms. The number of carbonyl (C=O) groups excluding carboxylic acids is 1. The van der Waals surface area contributed by atoms with Gasteiger partial charge in [0, 0.05) is 26.2 Å². The average Bonchev–Trinajstić information content (AvgIpc) is 2.86. The molecule has 0 aromatic heterocycles. The fraction of sp³-hybridized carbons (Fsp3) is 0.929. The number of hydrogen-bond acceptors (Lipinski definition) is 2. The van der Waals surface area contributed by atoms with E-state index in [0.717, 1.165) is 51.1 Å². The summed E-state index contributed by atoms with van der Waals surface area (Å²) in [6, 6.07) is 0.298. The van der Waals surface area contributed by atoms with E-state index in [1.54, 1.807) is 0 Å². The number of nitrogens with one attached hydrogen (secondary N) is 1. The highest BCUT2D eigenvalue weighted by Crippen LogP contribution is 2.27. The van der Waals surface area contributed by atoms with Gasteiger partial charge >= 0.3 is 6.03 Å². The van der Waals surface area contributed by atoms with E-state index >= 15 is 0 Å². The molecule has 3 rings (SSSR count). The second kappa shape index (κ2) is 5.08. The lowest BCUT2D eigenvalue weighted by Gasteiger charge is -2.39. The predicted molar refractivity (Wildman–Crippen MR) is 71.4 cm³/mol. The molecule has 0 saturated carbocycles. The molecular formula is C14H25N3O. The number of rotatable bonds is 0. The molecule has 0 spiro atoms. The Morgan fingerprint density at radius 2 is 1.67 bits per heavy atom. The molecule has 3 aliphatic heterocycles. The lowest BCUT2D eigenvalue weighted by molar-refractivity contribution is 0.106. The predicted octanol–water partition coefficient (Wildman–Crippen LogP) is 1.38. The topological polar surface area (TPSA) is 35.6 Å². The van der Waals surface area contributed by atoms with Gasteiger partial charge in [-0.3, -0.25) is 0 Å². The maximum atomic E-state index is 12.5. The van der Waals surface area contributed by atoms with Gasteiger partial charge in [0.25, 0.3) is 0 Å². The zero-order valence-corrected chi connectivity index (χ0v) is 11.4.